The highest BCUT2D eigenvalue weighted by atomic mass is 35.5. The Morgan fingerprint density at radius 3 is 2.59 bits per heavy atom. The summed E-state index contributed by atoms with van der Waals surface area (Å²) in [6.07, 6.45) is 0. The van der Waals surface area contributed by atoms with Crippen LogP contribution >= 0.6 is 23.4 Å². The number of hydrogen-bond acceptors (Lipinski definition) is 3. The van der Waals surface area contributed by atoms with Gasteiger partial charge in [0.15, 0.2) is 5.09 Å². The maximum atomic E-state index is 10.4. The van der Waals surface area contributed by atoms with Crippen molar-refractivity contribution in [3.8, 4) is 11.3 Å². The summed E-state index contributed by atoms with van der Waals surface area (Å²) in [6.45, 7) is 0. The van der Waals surface area contributed by atoms with Crippen molar-refractivity contribution in [1.29, 1.82) is 0 Å². The average Bonchev–Trinajstić information content (AvgIpc) is 2.76. The minimum Gasteiger partial charge on any atom is -0.481 e. The predicted octanol–water partition coefficient (Wildman–Crippen LogP) is 3.78. The topological polar surface area (TPSA) is 50.4 Å². The molecule has 0 atom stereocenters. The Labute approximate surface area is 107 Å². The molecule has 0 saturated carbocycles. The first-order valence-electron chi connectivity index (χ1n) is 4.85. The molecule has 5 heteroatoms. The van der Waals surface area contributed by atoms with Crippen molar-refractivity contribution in [2.24, 2.45) is 0 Å². The lowest BCUT2D eigenvalue weighted by Crippen LogP contribution is -1.96. The van der Waals surface area contributed by atoms with Crippen LogP contribution in [0, 0.1) is 0 Å². The number of furan rings is 1. The SMILES string of the molecule is O=C(O)CSc1ccc(-c2ccc(Cl)cc2)o1. The van der Waals surface area contributed by atoms with Crippen molar-refractivity contribution < 1.29 is 14.3 Å². The Balaban J connectivity index is 2.12. The van der Waals surface area contributed by atoms with Gasteiger partial charge in [0.05, 0.1) is 5.75 Å². The van der Waals surface area contributed by atoms with Crippen molar-refractivity contribution >= 4 is 29.3 Å². The smallest absolute Gasteiger partial charge is 0.313 e. The first-order chi connectivity index (χ1) is 8.15. The summed E-state index contributed by atoms with van der Waals surface area (Å²) in [4.78, 5) is 10.4. The van der Waals surface area contributed by atoms with Gasteiger partial charge < -0.3 is 9.52 Å². The molecule has 0 spiro atoms. The molecule has 2 aromatic rings. The van der Waals surface area contributed by atoms with E-state index in [0.29, 0.717) is 15.9 Å². The zero-order valence-corrected chi connectivity index (χ0v) is 10.3. The average molecular weight is 269 g/mol. The van der Waals surface area contributed by atoms with Crippen LogP contribution in [0.15, 0.2) is 45.9 Å². The third kappa shape index (κ3) is 3.28. The number of carboxylic acids is 1. The first kappa shape index (κ1) is 12.1. The van der Waals surface area contributed by atoms with Crippen LogP contribution in [0.1, 0.15) is 0 Å². The quantitative estimate of drug-likeness (QED) is 0.858. The molecule has 1 aromatic heterocycles. The van der Waals surface area contributed by atoms with Crippen LogP contribution in [0.4, 0.5) is 0 Å². The molecule has 0 amide bonds. The van der Waals surface area contributed by atoms with Crippen molar-refractivity contribution in [1.82, 2.24) is 0 Å². The maximum absolute atomic E-state index is 10.4. The molecule has 0 aliphatic rings. The lowest BCUT2D eigenvalue weighted by atomic mass is 10.2. The maximum Gasteiger partial charge on any atom is 0.313 e. The molecule has 1 heterocycles. The van der Waals surface area contributed by atoms with Gasteiger partial charge >= 0.3 is 5.97 Å². The molecule has 0 radical (unpaired) electrons. The summed E-state index contributed by atoms with van der Waals surface area (Å²) in [6, 6.07) is 10.8. The molecule has 2 rings (SSSR count). The molecule has 1 aromatic carbocycles. The fourth-order valence-electron chi connectivity index (χ4n) is 1.30. The number of carbonyl (C=O) groups is 1. The molecule has 0 bridgehead atoms. The molecule has 0 fully saturated rings. The fourth-order valence-corrected chi connectivity index (χ4v) is 2.00. The van der Waals surface area contributed by atoms with Crippen molar-refractivity contribution in [3.05, 3.63) is 41.4 Å². The molecule has 0 aliphatic carbocycles. The second-order valence-electron chi connectivity index (χ2n) is 3.31. The molecular formula is C12H9ClO3S. The molecule has 1 N–H and O–H groups in total. The van der Waals surface area contributed by atoms with Gasteiger partial charge in [-0.1, -0.05) is 23.4 Å². The number of thioether (sulfide) groups is 1. The van der Waals surface area contributed by atoms with E-state index in [9.17, 15) is 4.79 Å². The second kappa shape index (κ2) is 5.29. The van der Waals surface area contributed by atoms with E-state index >= 15 is 0 Å². The summed E-state index contributed by atoms with van der Waals surface area (Å²) in [5, 5.41) is 9.81. The van der Waals surface area contributed by atoms with Crippen LogP contribution in [0.2, 0.25) is 5.02 Å². The predicted molar refractivity (Wildman–Crippen MR) is 67.5 cm³/mol. The molecule has 0 unspecified atom stereocenters. The third-order valence-corrected chi connectivity index (χ3v) is 3.20. The second-order valence-corrected chi connectivity index (χ2v) is 4.72. The standard InChI is InChI=1S/C12H9ClO3S/c13-9-3-1-8(2-4-9)10-5-6-12(16-10)17-7-11(14)15/h1-6H,7H2,(H,14,15). The van der Waals surface area contributed by atoms with Crippen LogP contribution in [-0.2, 0) is 4.79 Å². The Morgan fingerprint density at radius 1 is 1.24 bits per heavy atom. The van der Waals surface area contributed by atoms with E-state index in [1.807, 2.05) is 18.2 Å². The van der Waals surface area contributed by atoms with Gasteiger partial charge in [-0.3, -0.25) is 4.79 Å². The van der Waals surface area contributed by atoms with E-state index in [4.69, 9.17) is 21.1 Å². The van der Waals surface area contributed by atoms with Crippen LogP contribution in [0.25, 0.3) is 11.3 Å². The number of hydrogen-bond donors (Lipinski definition) is 1. The van der Waals surface area contributed by atoms with Crippen LogP contribution in [0.3, 0.4) is 0 Å². The fraction of sp³-hybridized carbons (Fsp3) is 0.0833. The van der Waals surface area contributed by atoms with Gasteiger partial charge in [0, 0.05) is 10.6 Å². The van der Waals surface area contributed by atoms with E-state index in [2.05, 4.69) is 0 Å². The monoisotopic (exact) mass is 268 g/mol. The highest BCUT2D eigenvalue weighted by Crippen LogP contribution is 2.28. The van der Waals surface area contributed by atoms with Gasteiger partial charge in [-0.25, -0.2) is 0 Å². The Morgan fingerprint density at radius 2 is 1.94 bits per heavy atom. The molecule has 88 valence electrons. The Kier molecular flexibility index (Phi) is 3.76. The Bertz CT molecular complexity index is 519. The molecule has 0 saturated heterocycles. The summed E-state index contributed by atoms with van der Waals surface area (Å²) in [5.41, 5.74) is 0.913. The van der Waals surface area contributed by atoms with E-state index < -0.39 is 5.97 Å². The Hall–Kier alpha value is -1.39. The molecular weight excluding hydrogens is 260 g/mol. The lowest BCUT2D eigenvalue weighted by Gasteiger charge is -1.97. The van der Waals surface area contributed by atoms with Crippen molar-refractivity contribution in [2.45, 2.75) is 5.09 Å². The van der Waals surface area contributed by atoms with E-state index in [0.717, 1.165) is 17.3 Å². The molecule has 17 heavy (non-hydrogen) atoms. The van der Waals surface area contributed by atoms with Gasteiger partial charge in [-0.2, -0.15) is 0 Å². The van der Waals surface area contributed by atoms with Crippen LogP contribution in [0.5, 0.6) is 0 Å². The van der Waals surface area contributed by atoms with E-state index in [1.165, 1.54) is 0 Å². The summed E-state index contributed by atoms with van der Waals surface area (Å²) < 4.78 is 5.52. The van der Waals surface area contributed by atoms with Crippen LogP contribution in [-0.4, -0.2) is 16.8 Å². The summed E-state index contributed by atoms with van der Waals surface area (Å²) in [7, 11) is 0. The largest absolute Gasteiger partial charge is 0.481 e. The number of halogens is 1. The summed E-state index contributed by atoms with van der Waals surface area (Å²) >= 11 is 6.94. The van der Waals surface area contributed by atoms with Crippen LogP contribution < -0.4 is 0 Å². The van der Waals surface area contributed by atoms with Gasteiger partial charge in [-0.15, -0.1) is 0 Å². The van der Waals surface area contributed by atoms with Crippen molar-refractivity contribution in [2.75, 3.05) is 5.75 Å². The highest BCUT2D eigenvalue weighted by molar-refractivity contribution is 7.99. The molecule has 3 nitrogen and oxygen atoms in total. The number of carboxylic acid groups (broad SMARTS) is 1. The lowest BCUT2D eigenvalue weighted by molar-refractivity contribution is -0.133. The van der Waals surface area contributed by atoms with Gasteiger partial charge in [0.25, 0.3) is 0 Å². The molecule has 0 aliphatic heterocycles. The number of aliphatic carboxylic acids is 1. The third-order valence-electron chi connectivity index (χ3n) is 2.05. The summed E-state index contributed by atoms with van der Waals surface area (Å²) in [5.74, 6) is -0.165. The van der Waals surface area contributed by atoms with E-state index in [-0.39, 0.29) is 5.75 Å². The zero-order valence-electron chi connectivity index (χ0n) is 8.72. The van der Waals surface area contributed by atoms with Gasteiger partial charge in [0.2, 0.25) is 0 Å². The highest BCUT2D eigenvalue weighted by Gasteiger charge is 2.06. The number of benzene rings is 1. The first-order valence-corrected chi connectivity index (χ1v) is 6.22. The normalized spacial score (nSPS) is 10.4. The van der Waals surface area contributed by atoms with Gasteiger partial charge in [0.1, 0.15) is 5.76 Å². The minimum absolute atomic E-state index is 0.00638. The van der Waals surface area contributed by atoms with Crippen molar-refractivity contribution in [3.63, 3.8) is 0 Å². The zero-order chi connectivity index (χ0) is 12.3. The minimum atomic E-state index is -0.862. The van der Waals surface area contributed by atoms with E-state index in [1.54, 1.807) is 18.2 Å². The van der Waals surface area contributed by atoms with Gasteiger partial charge in [-0.05, 0) is 36.4 Å². The number of rotatable bonds is 4.